The molecule has 0 spiro atoms. The first kappa shape index (κ1) is 16.2. The lowest BCUT2D eigenvalue weighted by atomic mass is 10.3. The summed E-state index contributed by atoms with van der Waals surface area (Å²) in [7, 11) is 0. The van der Waals surface area contributed by atoms with Gasteiger partial charge in [0.25, 0.3) is 5.76 Å². The number of tetrazole rings is 1. The van der Waals surface area contributed by atoms with Gasteiger partial charge in [0.05, 0.1) is 11.8 Å². The number of hydrogen-bond donors (Lipinski definition) is 1. The quantitative estimate of drug-likeness (QED) is 0.768. The third-order valence-corrected chi connectivity index (χ3v) is 4.67. The van der Waals surface area contributed by atoms with E-state index in [0.29, 0.717) is 33.5 Å². The molecule has 122 valence electrons. The Kier molecular flexibility index (Phi) is 5.11. The maximum atomic E-state index is 12.4. The van der Waals surface area contributed by atoms with Gasteiger partial charge in [-0.15, -0.1) is 5.10 Å². The van der Waals surface area contributed by atoms with Gasteiger partial charge >= 0.3 is 0 Å². The lowest BCUT2D eigenvalue weighted by Crippen LogP contribution is -2.14. The monoisotopic (exact) mass is 357 g/mol. The molecule has 0 unspecified atom stereocenters. The van der Waals surface area contributed by atoms with Gasteiger partial charge in [-0.25, -0.2) is 4.68 Å². The average Bonchev–Trinajstić information content (AvgIpc) is 3.23. The van der Waals surface area contributed by atoms with Crippen molar-refractivity contribution in [2.45, 2.75) is 34.7 Å². The first-order valence-corrected chi connectivity index (χ1v) is 8.74. The Bertz CT molecular complexity index is 693. The van der Waals surface area contributed by atoms with E-state index in [1.807, 2.05) is 0 Å². The highest BCUT2D eigenvalue weighted by Gasteiger charge is 2.28. The third kappa shape index (κ3) is 4.64. The summed E-state index contributed by atoms with van der Waals surface area (Å²) >= 11 is 1.70. The summed E-state index contributed by atoms with van der Waals surface area (Å²) in [5, 5.41) is 14.7. The molecule has 1 aliphatic rings. The molecule has 1 amide bonds. The number of carbonyl (C=O) groups is 1. The van der Waals surface area contributed by atoms with Gasteiger partial charge in [0, 0.05) is 10.6 Å². The Balaban J connectivity index is 1.53. The molecule has 0 radical (unpaired) electrons. The minimum atomic E-state index is -2.49. The fourth-order valence-corrected chi connectivity index (χ4v) is 3.21. The van der Waals surface area contributed by atoms with Crippen molar-refractivity contribution < 1.29 is 13.6 Å². The normalized spacial score (nSPS) is 14.2. The van der Waals surface area contributed by atoms with Crippen LogP contribution in [0.4, 0.5) is 14.5 Å². The van der Waals surface area contributed by atoms with Gasteiger partial charge in [0.1, 0.15) is 0 Å². The number of rotatable bonds is 7. The van der Waals surface area contributed by atoms with Crippen molar-refractivity contribution >= 4 is 35.1 Å². The molecule has 1 aromatic heterocycles. The summed E-state index contributed by atoms with van der Waals surface area (Å²) < 4.78 is 26.4. The number of benzene rings is 1. The van der Waals surface area contributed by atoms with Crippen LogP contribution in [-0.4, -0.2) is 37.6 Å². The first-order valence-electron chi connectivity index (χ1n) is 6.87. The van der Waals surface area contributed by atoms with E-state index in [4.69, 9.17) is 0 Å². The molecule has 2 aromatic rings. The zero-order chi connectivity index (χ0) is 16.2. The molecule has 1 fully saturated rings. The highest BCUT2D eigenvalue weighted by Crippen LogP contribution is 2.36. The molecule has 1 N–H and O–H groups in total. The van der Waals surface area contributed by atoms with Gasteiger partial charge in [0.15, 0.2) is 0 Å². The van der Waals surface area contributed by atoms with Crippen LogP contribution in [0.3, 0.4) is 0 Å². The largest absolute Gasteiger partial charge is 0.325 e. The summed E-state index contributed by atoms with van der Waals surface area (Å²) in [6, 6.07) is 6.73. The van der Waals surface area contributed by atoms with Crippen LogP contribution in [0.2, 0.25) is 0 Å². The van der Waals surface area contributed by atoms with E-state index in [2.05, 4.69) is 20.8 Å². The second-order valence-electron chi connectivity index (χ2n) is 4.88. The smallest absolute Gasteiger partial charge is 0.288 e. The molecular weight excluding hydrogens is 344 g/mol. The molecule has 0 atom stereocenters. The van der Waals surface area contributed by atoms with Crippen LogP contribution in [0, 0.1) is 0 Å². The van der Waals surface area contributed by atoms with Crippen LogP contribution in [0.5, 0.6) is 0 Å². The summed E-state index contributed by atoms with van der Waals surface area (Å²) in [6.07, 6.45) is 2.11. The van der Waals surface area contributed by atoms with E-state index in [9.17, 15) is 13.6 Å². The Labute approximate surface area is 139 Å². The molecule has 0 aliphatic heterocycles. The SMILES string of the molecule is O=C(CSc1nnnn1C1CC1)Nc1cccc(SC(F)F)c1. The summed E-state index contributed by atoms with van der Waals surface area (Å²) in [5.74, 6) is -2.57. The maximum absolute atomic E-state index is 12.4. The maximum Gasteiger partial charge on any atom is 0.288 e. The minimum absolute atomic E-state index is 0.152. The lowest BCUT2D eigenvalue weighted by molar-refractivity contribution is -0.113. The average molecular weight is 357 g/mol. The van der Waals surface area contributed by atoms with Gasteiger partial charge in [-0.1, -0.05) is 29.6 Å². The molecule has 23 heavy (non-hydrogen) atoms. The van der Waals surface area contributed by atoms with Crippen LogP contribution < -0.4 is 5.32 Å². The molecule has 3 rings (SSSR count). The van der Waals surface area contributed by atoms with E-state index in [1.165, 1.54) is 17.8 Å². The van der Waals surface area contributed by atoms with Gasteiger partial charge in [-0.2, -0.15) is 8.78 Å². The Morgan fingerprint density at radius 3 is 3.00 bits per heavy atom. The van der Waals surface area contributed by atoms with E-state index in [-0.39, 0.29) is 11.7 Å². The van der Waals surface area contributed by atoms with E-state index < -0.39 is 5.76 Å². The lowest BCUT2D eigenvalue weighted by Gasteiger charge is -2.07. The fourth-order valence-electron chi connectivity index (χ4n) is 1.91. The molecular formula is C13H13F2N5OS2. The second-order valence-corrected chi connectivity index (χ2v) is 6.89. The summed E-state index contributed by atoms with van der Waals surface area (Å²) in [4.78, 5) is 12.4. The van der Waals surface area contributed by atoms with Crippen LogP contribution in [0.25, 0.3) is 0 Å². The van der Waals surface area contributed by atoms with Crippen LogP contribution >= 0.6 is 23.5 Å². The number of thioether (sulfide) groups is 2. The number of amides is 1. The summed E-state index contributed by atoms with van der Waals surface area (Å²) in [5.41, 5.74) is 0.489. The van der Waals surface area contributed by atoms with Crippen molar-refractivity contribution in [1.29, 1.82) is 0 Å². The topological polar surface area (TPSA) is 72.7 Å². The highest BCUT2D eigenvalue weighted by atomic mass is 32.2. The van der Waals surface area contributed by atoms with Crippen LogP contribution in [-0.2, 0) is 4.79 Å². The predicted molar refractivity (Wildman–Crippen MR) is 83.7 cm³/mol. The highest BCUT2D eigenvalue weighted by molar-refractivity contribution is 8.00. The van der Waals surface area contributed by atoms with Crippen molar-refractivity contribution in [2.24, 2.45) is 0 Å². The zero-order valence-electron chi connectivity index (χ0n) is 11.9. The Morgan fingerprint density at radius 1 is 1.43 bits per heavy atom. The molecule has 1 heterocycles. The van der Waals surface area contributed by atoms with Crippen LogP contribution in [0.1, 0.15) is 18.9 Å². The number of nitrogens with zero attached hydrogens (tertiary/aromatic N) is 4. The molecule has 1 aromatic carbocycles. The van der Waals surface area contributed by atoms with Crippen molar-refractivity contribution in [1.82, 2.24) is 20.2 Å². The molecule has 0 saturated heterocycles. The number of anilines is 1. The van der Waals surface area contributed by atoms with Crippen molar-refractivity contribution in [3.05, 3.63) is 24.3 Å². The first-order chi connectivity index (χ1) is 11.1. The van der Waals surface area contributed by atoms with Gasteiger partial charge in [0.2, 0.25) is 11.1 Å². The number of carbonyl (C=O) groups excluding carboxylic acids is 1. The van der Waals surface area contributed by atoms with Gasteiger partial charge < -0.3 is 5.32 Å². The number of halogens is 2. The van der Waals surface area contributed by atoms with Crippen molar-refractivity contribution in [3.63, 3.8) is 0 Å². The predicted octanol–water partition coefficient (Wildman–Crippen LogP) is 3.05. The third-order valence-electron chi connectivity index (χ3n) is 3.03. The second kappa shape index (κ2) is 7.26. The fraction of sp³-hybridized carbons (Fsp3) is 0.385. The number of nitrogens with one attached hydrogen (secondary N) is 1. The molecule has 1 saturated carbocycles. The van der Waals surface area contributed by atoms with Crippen molar-refractivity contribution in [3.8, 4) is 0 Å². The van der Waals surface area contributed by atoms with E-state index >= 15 is 0 Å². The molecule has 10 heteroatoms. The number of alkyl halides is 2. The Morgan fingerprint density at radius 2 is 2.26 bits per heavy atom. The van der Waals surface area contributed by atoms with E-state index in [1.54, 1.807) is 22.9 Å². The van der Waals surface area contributed by atoms with Crippen LogP contribution in [0.15, 0.2) is 34.3 Å². The standard InChI is InChI=1S/C13H13F2N5OS2/c14-12(15)23-10-3-1-2-8(6-10)16-11(21)7-22-13-17-18-19-20(13)9-4-5-9/h1-3,6,9,12H,4-5,7H2,(H,16,21). The summed E-state index contributed by atoms with van der Waals surface area (Å²) in [6.45, 7) is 0. The Hall–Kier alpha value is -1.68. The zero-order valence-corrected chi connectivity index (χ0v) is 13.5. The number of aromatic nitrogens is 4. The van der Waals surface area contributed by atoms with Crippen molar-refractivity contribution in [2.75, 3.05) is 11.1 Å². The molecule has 1 aliphatic carbocycles. The van der Waals surface area contributed by atoms with E-state index in [0.717, 1.165) is 12.8 Å². The molecule has 0 bridgehead atoms. The molecule has 6 nitrogen and oxygen atoms in total. The minimum Gasteiger partial charge on any atom is -0.325 e. The van der Waals surface area contributed by atoms with Gasteiger partial charge in [-0.05, 0) is 41.5 Å². The number of hydrogen-bond acceptors (Lipinski definition) is 6. The van der Waals surface area contributed by atoms with Gasteiger partial charge in [-0.3, -0.25) is 4.79 Å².